The smallest absolute Gasteiger partial charge is 0.152 e. The van der Waals surface area contributed by atoms with Gasteiger partial charge in [0.05, 0.1) is 5.56 Å². The van der Waals surface area contributed by atoms with Crippen LogP contribution in [0.25, 0.3) is 0 Å². The fourth-order valence-electron chi connectivity index (χ4n) is 0.803. The van der Waals surface area contributed by atoms with Gasteiger partial charge in [-0.25, -0.2) is 8.78 Å². The normalized spacial score (nSPS) is 8.38. The van der Waals surface area contributed by atoms with E-state index in [2.05, 4.69) is 0 Å². The van der Waals surface area contributed by atoms with Gasteiger partial charge >= 0.3 is 0 Å². The third kappa shape index (κ3) is 1.94. The molecule has 64 valence electrons. The van der Waals surface area contributed by atoms with Gasteiger partial charge in [0.2, 0.25) is 0 Å². The van der Waals surface area contributed by atoms with E-state index >= 15 is 0 Å². The highest BCUT2D eigenvalue weighted by atomic mass is 19.1. The highest BCUT2D eigenvalue weighted by molar-refractivity contribution is 5.48. The van der Waals surface area contributed by atoms with Gasteiger partial charge in [-0.3, -0.25) is 0 Å². The molecule has 0 aromatic heterocycles. The van der Waals surface area contributed by atoms with Crippen LogP contribution in [-0.2, 0) is 0 Å². The van der Waals surface area contributed by atoms with E-state index in [0.29, 0.717) is 0 Å². The van der Waals surface area contributed by atoms with Gasteiger partial charge in [-0.2, -0.15) is 5.26 Å². The van der Waals surface area contributed by atoms with Gasteiger partial charge in [0, 0.05) is 11.6 Å². The van der Waals surface area contributed by atoms with Crippen LogP contribution in [-0.4, -0.2) is 0 Å². The molecule has 4 heteroatoms. The summed E-state index contributed by atoms with van der Waals surface area (Å²) in [5.41, 5.74) is 4.71. The Morgan fingerprint density at radius 2 is 1.77 bits per heavy atom. The third-order valence-corrected chi connectivity index (χ3v) is 1.31. The van der Waals surface area contributed by atoms with Crippen LogP contribution in [0.4, 0.5) is 14.5 Å². The van der Waals surface area contributed by atoms with Crippen LogP contribution in [0.3, 0.4) is 0 Å². The number of halogens is 2. The summed E-state index contributed by atoms with van der Waals surface area (Å²) in [5, 5.41) is 8.07. The molecule has 0 aliphatic heterocycles. The van der Waals surface area contributed by atoms with Crippen LogP contribution in [0, 0.1) is 34.8 Å². The third-order valence-electron chi connectivity index (χ3n) is 1.31. The van der Waals surface area contributed by atoms with Gasteiger partial charge in [0.25, 0.3) is 0 Å². The number of nitrogen functional groups attached to an aromatic ring is 1. The van der Waals surface area contributed by atoms with Crippen molar-refractivity contribution in [2.45, 2.75) is 0 Å². The zero-order chi connectivity index (χ0) is 9.84. The molecule has 0 radical (unpaired) electrons. The van der Waals surface area contributed by atoms with Crippen LogP contribution in [0.15, 0.2) is 12.1 Å². The van der Waals surface area contributed by atoms with Crippen LogP contribution < -0.4 is 5.73 Å². The summed E-state index contributed by atoms with van der Waals surface area (Å²) in [5.74, 6) is 2.22. The molecule has 0 bridgehead atoms. The van der Waals surface area contributed by atoms with Crippen molar-refractivity contribution in [3.8, 4) is 17.9 Å². The maximum atomic E-state index is 12.9. The summed E-state index contributed by atoms with van der Waals surface area (Å²) in [4.78, 5) is 0. The molecule has 0 saturated carbocycles. The Hall–Kier alpha value is -2.07. The molecule has 2 N–H and O–H groups in total. The zero-order valence-electron chi connectivity index (χ0n) is 6.44. The summed E-state index contributed by atoms with van der Waals surface area (Å²) >= 11 is 0. The number of hydrogen-bond acceptors (Lipinski definition) is 2. The van der Waals surface area contributed by atoms with Gasteiger partial charge in [-0.15, -0.1) is 0 Å². The van der Waals surface area contributed by atoms with Gasteiger partial charge in [0.1, 0.15) is 11.6 Å². The van der Waals surface area contributed by atoms with Crippen molar-refractivity contribution in [1.29, 1.82) is 5.26 Å². The number of nitrogens with two attached hydrogens (primary N) is 1. The number of nitriles is 1. The van der Waals surface area contributed by atoms with Crippen molar-refractivity contribution in [3.63, 3.8) is 0 Å². The second kappa shape index (κ2) is 3.55. The minimum Gasteiger partial charge on any atom is -0.399 e. The summed E-state index contributed by atoms with van der Waals surface area (Å²) in [6.07, 6.45) is 0. The van der Waals surface area contributed by atoms with Crippen molar-refractivity contribution >= 4 is 5.69 Å². The summed E-state index contributed by atoms with van der Waals surface area (Å²) in [7, 11) is 0. The molecule has 0 unspecified atom stereocenters. The maximum absolute atomic E-state index is 12.9. The Kier molecular flexibility index (Phi) is 2.47. The minimum absolute atomic E-state index is 0.0162. The van der Waals surface area contributed by atoms with Crippen molar-refractivity contribution in [1.82, 2.24) is 0 Å². The quantitative estimate of drug-likeness (QED) is 0.482. The van der Waals surface area contributed by atoms with E-state index in [1.807, 2.05) is 11.8 Å². The minimum atomic E-state index is -0.861. The number of anilines is 1. The Morgan fingerprint density at radius 1 is 1.23 bits per heavy atom. The average Bonchev–Trinajstić information content (AvgIpc) is 2.02. The average molecular weight is 178 g/mol. The molecule has 13 heavy (non-hydrogen) atoms. The first-order valence-electron chi connectivity index (χ1n) is 3.29. The molecular weight excluding hydrogens is 174 g/mol. The number of rotatable bonds is 0. The predicted octanol–water partition coefficient (Wildman–Crippen LogP) is 1.42. The molecule has 0 spiro atoms. The first-order valence-corrected chi connectivity index (χ1v) is 3.29. The van der Waals surface area contributed by atoms with E-state index in [-0.39, 0.29) is 5.69 Å². The first-order chi connectivity index (χ1) is 6.15. The molecule has 0 aliphatic rings. The van der Waals surface area contributed by atoms with Crippen LogP contribution in [0.5, 0.6) is 0 Å². The van der Waals surface area contributed by atoms with Gasteiger partial charge in [0.15, 0.2) is 6.07 Å². The van der Waals surface area contributed by atoms with Crippen LogP contribution in [0.2, 0.25) is 0 Å². The number of nitrogens with zero attached hydrogens (tertiary/aromatic N) is 1. The molecule has 0 amide bonds. The molecule has 0 fully saturated rings. The van der Waals surface area contributed by atoms with Crippen LogP contribution >= 0.6 is 0 Å². The Morgan fingerprint density at radius 3 is 2.23 bits per heavy atom. The lowest BCUT2D eigenvalue weighted by Crippen LogP contribution is -1.94. The van der Waals surface area contributed by atoms with Crippen molar-refractivity contribution in [2.75, 3.05) is 5.73 Å². The van der Waals surface area contributed by atoms with E-state index in [0.717, 1.165) is 12.1 Å². The Bertz CT molecular complexity index is 412. The topological polar surface area (TPSA) is 49.8 Å². The SMILES string of the molecule is N#CC#Cc1c(F)cc(N)cc1F. The van der Waals surface area contributed by atoms with E-state index < -0.39 is 17.2 Å². The molecule has 0 heterocycles. The summed E-state index contributed by atoms with van der Waals surface area (Å²) in [6, 6.07) is 3.36. The van der Waals surface area contributed by atoms with E-state index in [1.54, 1.807) is 0 Å². The van der Waals surface area contributed by atoms with E-state index in [1.165, 1.54) is 6.07 Å². The lowest BCUT2D eigenvalue weighted by Gasteiger charge is -1.98. The Balaban J connectivity index is 3.31. The highest BCUT2D eigenvalue weighted by Crippen LogP contribution is 2.15. The van der Waals surface area contributed by atoms with Crippen molar-refractivity contribution in [2.24, 2.45) is 0 Å². The second-order valence-electron chi connectivity index (χ2n) is 2.22. The van der Waals surface area contributed by atoms with Gasteiger partial charge in [-0.1, -0.05) is 0 Å². The van der Waals surface area contributed by atoms with Crippen LogP contribution in [0.1, 0.15) is 5.56 Å². The summed E-state index contributed by atoms with van der Waals surface area (Å²) < 4.78 is 25.8. The Labute approximate surface area is 73.6 Å². The molecule has 1 rings (SSSR count). The molecule has 1 aromatic rings. The molecule has 0 aliphatic carbocycles. The lowest BCUT2D eigenvalue weighted by molar-refractivity contribution is 0.578. The fourth-order valence-corrected chi connectivity index (χ4v) is 0.803. The van der Waals surface area contributed by atoms with Crippen molar-refractivity contribution < 1.29 is 8.78 Å². The van der Waals surface area contributed by atoms with Gasteiger partial charge in [-0.05, 0) is 18.1 Å². The van der Waals surface area contributed by atoms with E-state index in [9.17, 15) is 8.78 Å². The second-order valence-corrected chi connectivity index (χ2v) is 2.22. The standard InChI is InChI=1S/C9H4F2N2/c10-8-4-6(13)5-9(11)7(8)2-1-3-12/h4-5H,13H2. The molecule has 2 nitrogen and oxygen atoms in total. The van der Waals surface area contributed by atoms with Crippen molar-refractivity contribution in [3.05, 3.63) is 29.3 Å². The maximum Gasteiger partial charge on any atom is 0.152 e. The molecule has 1 aromatic carbocycles. The monoisotopic (exact) mass is 178 g/mol. The lowest BCUT2D eigenvalue weighted by atomic mass is 10.2. The zero-order valence-corrected chi connectivity index (χ0v) is 6.44. The number of benzene rings is 1. The first kappa shape index (κ1) is 9.02. The molecule has 0 saturated heterocycles. The molecular formula is C9H4F2N2. The van der Waals surface area contributed by atoms with Gasteiger partial charge < -0.3 is 5.73 Å². The fraction of sp³-hybridized carbons (Fsp3) is 0. The molecule has 0 atom stereocenters. The predicted molar refractivity (Wildman–Crippen MR) is 43.3 cm³/mol. The summed E-state index contributed by atoms with van der Waals surface area (Å²) in [6.45, 7) is 0. The van der Waals surface area contributed by atoms with E-state index in [4.69, 9.17) is 11.0 Å². The largest absolute Gasteiger partial charge is 0.399 e. The highest BCUT2D eigenvalue weighted by Gasteiger charge is 2.06. The number of hydrogen-bond donors (Lipinski definition) is 1.